The van der Waals surface area contributed by atoms with Crippen LogP contribution in [0.25, 0.3) is 0 Å². The molecular weight excluding hydrogens is 280 g/mol. The zero-order valence-corrected chi connectivity index (χ0v) is 12.5. The summed E-state index contributed by atoms with van der Waals surface area (Å²) in [5.74, 6) is 1.16. The maximum Gasteiger partial charge on any atom is 0.310 e. The zero-order chi connectivity index (χ0) is 15.4. The van der Waals surface area contributed by atoms with Crippen LogP contribution in [0.3, 0.4) is 0 Å². The number of hydrogen-bond acceptors (Lipinski definition) is 4. The maximum absolute atomic E-state index is 11.9. The highest BCUT2D eigenvalue weighted by Gasteiger charge is 2.13. The van der Waals surface area contributed by atoms with Crippen LogP contribution >= 0.6 is 0 Å². The summed E-state index contributed by atoms with van der Waals surface area (Å²) in [6, 6.07) is 13.5. The fourth-order valence-corrected chi connectivity index (χ4v) is 2.26. The highest BCUT2D eigenvalue weighted by molar-refractivity contribution is 5.73. The molecule has 4 nitrogen and oxygen atoms in total. The fraction of sp³-hybridized carbons (Fsp3) is 0.278. The van der Waals surface area contributed by atoms with E-state index in [2.05, 4.69) is 0 Å². The Morgan fingerprint density at radius 2 is 1.68 bits per heavy atom. The number of ether oxygens (including phenoxy) is 3. The van der Waals surface area contributed by atoms with Gasteiger partial charge >= 0.3 is 5.97 Å². The monoisotopic (exact) mass is 298 g/mol. The van der Waals surface area contributed by atoms with Gasteiger partial charge in [0, 0.05) is 0 Å². The lowest BCUT2D eigenvalue weighted by molar-refractivity contribution is -0.144. The Morgan fingerprint density at radius 3 is 2.45 bits per heavy atom. The average Bonchev–Trinajstić information content (AvgIpc) is 2.54. The molecule has 0 amide bonds. The van der Waals surface area contributed by atoms with Gasteiger partial charge in [0.1, 0.15) is 19.8 Å². The van der Waals surface area contributed by atoms with E-state index in [0.29, 0.717) is 25.6 Å². The van der Waals surface area contributed by atoms with Crippen LogP contribution in [-0.4, -0.2) is 19.2 Å². The van der Waals surface area contributed by atoms with Crippen LogP contribution in [0.2, 0.25) is 0 Å². The van der Waals surface area contributed by atoms with Crippen LogP contribution in [0.15, 0.2) is 42.5 Å². The molecule has 0 N–H and O–H groups in total. The van der Waals surface area contributed by atoms with Crippen molar-refractivity contribution in [2.45, 2.75) is 20.0 Å². The Morgan fingerprint density at radius 1 is 1.00 bits per heavy atom. The second kappa shape index (κ2) is 6.52. The lowest BCUT2D eigenvalue weighted by Crippen LogP contribution is -2.15. The van der Waals surface area contributed by atoms with Gasteiger partial charge in [0.25, 0.3) is 0 Å². The van der Waals surface area contributed by atoms with Crippen molar-refractivity contribution < 1.29 is 19.0 Å². The number of fused-ring (bicyclic) bond motifs is 1. The highest BCUT2D eigenvalue weighted by atomic mass is 16.6. The third-order valence-electron chi connectivity index (χ3n) is 3.48. The smallest absolute Gasteiger partial charge is 0.310 e. The molecule has 1 heterocycles. The summed E-state index contributed by atoms with van der Waals surface area (Å²) >= 11 is 0. The van der Waals surface area contributed by atoms with E-state index in [1.165, 1.54) is 5.56 Å². The van der Waals surface area contributed by atoms with Gasteiger partial charge in [0.15, 0.2) is 11.5 Å². The molecule has 0 unspecified atom stereocenters. The molecule has 22 heavy (non-hydrogen) atoms. The average molecular weight is 298 g/mol. The molecule has 2 aromatic rings. The van der Waals surface area contributed by atoms with Gasteiger partial charge in [-0.1, -0.05) is 35.9 Å². The minimum absolute atomic E-state index is 0.225. The normalized spacial score (nSPS) is 12.8. The van der Waals surface area contributed by atoms with E-state index in [1.807, 2.05) is 49.4 Å². The van der Waals surface area contributed by atoms with Gasteiger partial charge in [-0.25, -0.2) is 0 Å². The van der Waals surface area contributed by atoms with E-state index in [1.54, 1.807) is 0 Å². The molecule has 4 heteroatoms. The first-order chi connectivity index (χ1) is 10.7. The number of esters is 1. The van der Waals surface area contributed by atoms with Gasteiger partial charge in [-0.05, 0) is 30.2 Å². The third kappa shape index (κ3) is 3.58. The van der Waals surface area contributed by atoms with E-state index < -0.39 is 0 Å². The van der Waals surface area contributed by atoms with Crippen molar-refractivity contribution in [3.63, 3.8) is 0 Å². The number of carbonyl (C=O) groups is 1. The standard InChI is InChI=1S/C18H18O4/c1-13-2-4-14(5-3-13)12-22-18(19)11-15-6-7-16-17(10-15)21-9-8-20-16/h2-7,10H,8-9,11-12H2,1H3. The van der Waals surface area contributed by atoms with Crippen molar-refractivity contribution in [1.29, 1.82) is 0 Å². The number of hydrogen-bond donors (Lipinski definition) is 0. The second-order valence-electron chi connectivity index (χ2n) is 5.30. The fourth-order valence-electron chi connectivity index (χ4n) is 2.26. The lowest BCUT2D eigenvalue weighted by atomic mass is 10.1. The summed E-state index contributed by atoms with van der Waals surface area (Å²) in [7, 11) is 0. The van der Waals surface area contributed by atoms with Gasteiger partial charge in [-0.3, -0.25) is 4.79 Å². The summed E-state index contributed by atoms with van der Waals surface area (Å²) in [6.07, 6.45) is 0.225. The van der Waals surface area contributed by atoms with Crippen molar-refractivity contribution in [3.8, 4) is 11.5 Å². The first-order valence-electron chi connectivity index (χ1n) is 7.30. The molecule has 114 valence electrons. The van der Waals surface area contributed by atoms with E-state index >= 15 is 0 Å². The largest absolute Gasteiger partial charge is 0.486 e. The Labute approximate surface area is 129 Å². The predicted molar refractivity (Wildman–Crippen MR) is 82.1 cm³/mol. The lowest BCUT2D eigenvalue weighted by Gasteiger charge is -2.18. The summed E-state index contributed by atoms with van der Waals surface area (Å²) in [5.41, 5.74) is 3.03. The van der Waals surface area contributed by atoms with Gasteiger partial charge < -0.3 is 14.2 Å². The van der Waals surface area contributed by atoms with E-state index in [4.69, 9.17) is 14.2 Å². The minimum Gasteiger partial charge on any atom is -0.486 e. The van der Waals surface area contributed by atoms with Crippen LogP contribution in [0.4, 0.5) is 0 Å². The number of benzene rings is 2. The first kappa shape index (κ1) is 14.4. The molecule has 3 rings (SSSR count). The molecule has 0 aliphatic carbocycles. The van der Waals surface area contributed by atoms with Crippen LogP contribution in [-0.2, 0) is 22.6 Å². The van der Waals surface area contributed by atoms with Crippen molar-refractivity contribution in [3.05, 3.63) is 59.2 Å². The van der Waals surface area contributed by atoms with Gasteiger partial charge in [-0.15, -0.1) is 0 Å². The molecule has 1 aliphatic heterocycles. The summed E-state index contributed by atoms with van der Waals surface area (Å²) in [5, 5.41) is 0. The van der Waals surface area contributed by atoms with Crippen LogP contribution in [0, 0.1) is 6.92 Å². The molecule has 0 aromatic heterocycles. The Bertz CT molecular complexity index is 661. The van der Waals surface area contributed by atoms with E-state index in [-0.39, 0.29) is 12.4 Å². The summed E-state index contributed by atoms with van der Waals surface area (Å²) in [4.78, 5) is 11.9. The number of rotatable bonds is 4. The Kier molecular flexibility index (Phi) is 4.28. The van der Waals surface area contributed by atoms with Crippen molar-refractivity contribution in [2.24, 2.45) is 0 Å². The quantitative estimate of drug-likeness (QED) is 0.814. The third-order valence-corrected chi connectivity index (χ3v) is 3.48. The number of aryl methyl sites for hydroxylation is 1. The molecule has 0 spiro atoms. The summed E-state index contributed by atoms with van der Waals surface area (Å²) in [6.45, 7) is 3.42. The zero-order valence-electron chi connectivity index (χ0n) is 12.5. The van der Waals surface area contributed by atoms with Crippen molar-refractivity contribution in [1.82, 2.24) is 0 Å². The van der Waals surface area contributed by atoms with Crippen molar-refractivity contribution in [2.75, 3.05) is 13.2 Å². The molecule has 2 aromatic carbocycles. The van der Waals surface area contributed by atoms with E-state index in [9.17, 15) is 4.79 Å². The molecule has 0 saturated heterocycles. The molecule has 1 aliphatic rings. The van der Waals surface area contributed by atoms with Gasteiger partial charge in [-0.2, -0.15) is 0 Å². The van der Waals surface area contributed by atoms with Crippen LogP contribution < -0.4 is 9.47 Å². The minimum atomic E-state index is -0.253. The molecule has 0 fully saturated rings. The van der Waals surface area contributed by atoms with E-state index in [0.717, 1.165) is 16.9 Å². The molecular formula is C18H18O4. The van der Waals surface area contributed by atoms with Crippen LogP contribution in [0.1, 0.15) is 16.7 Å². The molecule has 0 atom stereocenters. The highest BCUT2D eigenvalue weighted by Crippen LogP contribution is 2.30. The summed E-state index contributed by atoms with van der Waals surface area (Å²) < 4.78 is 16.3. The Hall–Kier alpha value is -2.49. The van der Waals surface area contributed by atoms with Crippen LogP contribution in [0.5, 0.6) is 11.5 Å². The van der Waals surface area contributed by atoms with Gasteiger partial charge in [0.05, 0.1) is 6.42 Å². The molecule has 0 bridgehead atoms. The maximum atomic E-state index is 11.9. The molecule has 0 saturated carbocycles. The Balaban J connectivity index is 1.56. The van der Waals surface area contributed by atoms with Crippen molar-refractivity contribution >= 4 is 5.97 Å². The first-order valence-corrected chi connectivity index (χ1v) is 7.30. The topological polar surface area (TPSA) is 44.8 Å². The number of carbonyl (C=O) groups excluding carboxylic acids is 1. The molecule has 0 radical (unpaired) electrons. The van der Waals surface area contributed by atoms with Gasteiger partial charge in [0.2, 0.25) is 0 Å². The predicted octanol–water partition coefficient (Wildman–Crippen LogP) is 3.05. The second-order valence-corrected chi connectivity index (χ2v) is 5.30. The SMILES string of the molecule is Cc1ccc(COC(=O)Cc2ccc3c(c2)OCCO3)cc1.